The van der Waals surface area contributed by atoms with Gasteiger partial charge >= 0.3 is 5.97 Å². The molecule has 0 aliphatic heterocycles. The van der Waals surface area contributed by atoms with Gasteiger partial charge in [-0.2, -0.15) is 0 Å². The van der Waals surface area contributed by atoms with E-state index in [0.29, 0.717) is 33.7 Å². The van der Waals surface area contributed by atoms with E-state index in [1.165, 1.54) is 0 Å². The summed E-state index contributed by atoms with van der Waals surface area (Å²) in [6.45, 7) is 9.47. The molecule has 0 saturated carbocycles. The third-order valence-corrected chi connectivity index (χ3v) is 8.98. The molecule has 0 unspecified atom stereocenters. The maximum Gasteiger partial charge on any atom is 0.311 e. The van der Waals surface area contributed by atoms with E-state index in [-0.39, 0.29) is 18.1 Å². The van der Waals surface area contributed by atoms with E-state index in [4.69, 9.17) is 4.74 Å². The van der Waals surface area contributed by atoms with Crippen molar-refractivity contribution in [2.45, 2.75) is 47.6 Å². The first-order valence-corrected chi connectivity index (χ1v) is 12.9. The molecule has 172 valence electrons. The number of rotatable bonds is 8. The van der Waals surface area contributed by atoms with E-state index >= 15 is 0 Å². The predicted octanol–water partition coefficient (Wildman–Crippen LogP) is 5.94. The number of carbonyl (C=O) groups is 2. The summed E-state index contributed by atoms with van der Waals surface area (Å²) >= 11 is 0. The van der Waals surface area contributed by atoms with Gasteiger partial charge in [-0.05, 0) is 50.8 Å². The van der Waals surface area contributed by atoms with Gasteiger partial charge in [0.1, 0.15) is 6.61 Å². The molecule has 0 amide bonds. The van der Waals surface area contributed by atoms with Crippen LogP contribution in [0.3, 0.4) is 0 Å². The SMILES string of the molecule is CCC(C)(C)C(=O)OCc1cc(C)c(C(=O)P(=O)(c2ccccc2)c2ccccc2)c(C)c1. The van der Waals surface area contributed by atoms with Crippen molar-refractivity contribution in [1.29, 1.82) is 0 Å². The highest BCUT2D eigenvalue weighted by Gasteiger charge is 2.38. The van der Waals surface area contributed by atoms with Gasteiger partial charge in [-0.3, -0.25) is 9.59 Å². The van der Waals surface area contributed by atoms with Crippen LogP contribution >= 0.6 is 7.14 Å². The molecule has 0 bridgehead atoms. The zero-order chi connectivity index (χ0) is 24.2. The van der Waals surface area contributed by atoms with Crippen LogP contribution in [0.15, 0.2) is 72.8 Å². The number of aryl methyl sites for hydroxylation is 2. The maximum atomic E-state index is 14.4. The fourth-order valence-electron chi connectivity index (χ4n) is 3.78. The smallest absolute Gasteiger partial charge is 0.311 e. The summed E-state index contributed by atoms with van der Waals surface area (Å²) in [5, 5.41) is 1.03. The maximum absolute atomic E-state index is 14.4. The minimum atomic E-state index is -3.59. The highest BCUT2D eigenvalue weighted by Crippen LogP contribution is 2.48. The summed E-state index contributed by atoms with van der Waals surface area (Å²) in [6, 6.07) is 21.6. The first-order valence-electron chi connectivity index (χ1n) is 11.1. The minimum Gasteiger partial charge on any atom is -0.460 e. The molecule has 0 saturated heterocycles. The first-order chi connectivity index (χ1) is 15.6. The third-order valence-electron chi connectivity index (χ3n) is 6.14. The molecule has 0 spiro atoms. The van der Waals surface area contributed by atoms with Crippen molar-refractivity contribution in [2.75, 3.05) is 0 Å². The molecule has 33 heavy (non-hydrogen) atoms. The van der Waals surface area contributed by atoms with Crippen molar-refractivity contribution in [3.05, 3.63) is 95.1 Å². The second kappa shape index (κ2) is 9.89. The van der Waals surface area contributed by atoms with Crippen LogP contribution in [0.1, 0.15) is 54.2 Å². The van der Waals surface area contributed by atoms with E-state index in [0.717, 1.165) is 5.56 Å². The number of carbonyl (C=O) groups excluding carboxylic acids is 2. The van der Waals surface area contributed by atoms with Gasteiger partial charge in [-0.15, -0.1) is 0 Å². The average Bonchev–Trinajstić information content (AvgIpc) is 2.82. The number of ether oxygens (including phenoxy) is 1. The molecule has 0 aliphatic carbocycles. The molecule has 0 heterocycles. The van der Waals surface area contributed by atoms with Crippen molar-refractivity contribution in [2.24, 2.45) is 5.41 Å². The van der Waals surface area contributed by atoms with Gasteiger partial charge < -0.3 is 9.30 Å². The van der Waals surface area contributed by atoms with E-state index in [1.54, 1.807) is 48.5 Å². The molecule has 4 nitrogen and oxygen atoms in total. The number of hydrogen-bond acceptors (Lipinski definition) is 4. The Morgan fingerprint density at radius 3 is 1.73 bits per heavy atom. The van der Waals surface area contributed by atoms with E-state index in [2.05, 4.69) is 0 Å². The highest BCUT2D eigenvalue weighted by molar-refractivity contribution is 7.93. The Hall–Kier alpha value is -2.97. The summed E-state index contributed by atoms with van der Waals surface area (Å²) < 4.78 is 20.0. The predicted molar refractivity (Wildman–Crippen MR) is 134 cm³/mol. The normalized spacial score (nSPS) is 11.8. The number of hydrogen-bond donors (Lipinski definition) is 0. The lowest BCUT2D eigenvalue weighted by Crippen LogP contribution is -2.25. The van der Waals surface area contributed by atoms with Gasteiger partial charge in [0.25, 0.3) is 0 Å². The molecule has 0 aliphatic rings. The summed E-state index contributed by atoms with van der Waals surface area (Å²) in [6.07, 6.45) is 0.686. The van der Waals surface area contributed by atoms with Crippen LogP contribution in [0.4, 0.5) is 0 Å². The molecule has 3 aromatic carbocycles. The van der Waals surface area contributed by atoms with Gasteiger partial charge in [0.15, 0.2) is 0 Å². The van der Waals surface area contributed by atoms with Crippen LogP contribution in [0.25, 0.3) is 0 Å². The Morgan fingerprint density at radius 1 is 0.848 bits per heavy atom. The molecular formula is C28H31O4P. The van der Waals surface area contributed by atoms with Gasteiger partial charge in [0.2, 0.25) is 12.7 Å². The zero-order valence-corrected chi connectivity index (χ0v) is 20.8. The summed E-state index contributed by atoms with van der Waals surface area (Å²) in [5.41, 5.74) is 1.76. The molecule has 0 N–H and O–H groups in total. The monoisotopic (exact) mass is 462 g/mol. The molecule has 0 radical (unpaired) electrons. The molecule has 0 atom stereocenters. The standard InChI is InChI=1S/C28H31O4P/c1-6-28(4,5)27(30)32-19-22-17-20(2)25(21(3)18-22)26(29)33(31,23-13-9-7-10-14-23)24-15-11-8-12-16-24/h7-18H,6,19H2,1-5H3. The molecular weight excluding hydrogens is 431 g/mol. The van der Waals surface area contributed by atoms with E-state index in [1.807, 2.05) is 58.9 Å². The zero-order valence-electron chi connectivity index (χ0n) is 19.9. The van der Waals surface area contributed by atoms with Gasteiger partial charge in [0, 0.05) is 16.2 Å². The summed E-state index contributed by atoms with van der Waals surface area (Å²) in [5.74, 6) is -0.252. The Labute approximate surface area is 196 Å². The van der Waals surface area contributed by atoms with Crippen LogP contribution in [0.5, 0.6) is 0 Å². The Morgan fingerprint density at radius 2 is 1.30 bits per heavy atom. The molecule has 3 aromatic rings. The minimum absolute atomic E-state index is 0.132. The topological polar surface area (TPSA) is 60.4 Å². The Balaban J connectivity index is 2.00. The van der Waals surface area contributed by atoms with Gasteiger partial charge in [-0.1, -0.05) is 79.7 Å². The second-order valence-corrected chi connectivity index (χ2v) is 11.7. The largest absolute Gasteiger partial charge is 0.460 e. The van der Waals surface area contributed by atoms with Crippen LogP contribution in [-0.2, 0) is 20.7 Å². The Bertz CT molecular complexity index is 1130. The van der Waals surface area contributed by atoms with Gasteiger partial charge in [0.05, 0.1) is 5.41 Å². The highest BCUT2D eigenvalue weighted by atomic mass is 31.2. The van der Waals surface area contributed by atoms with Crippen molar-refractivity contribution in [3.8, 4) is 0 Å². The van der Waals surface area contributed by atoms with Crippen molar-refractivity contribution < 1.29 is 18.9 Å². The molecule has 5 heteroatoms. The fraction of sp³-hybridized carbons (Fsp3) is 0.286. The lowest BCUT2D eigenvalue weighted by atomic mass is 9.91. The van der Waals surface area contributed by atoms with Crippen molar-refractivity contribution >= 4 is 29.2 Å². The Kier molecular flexibility index (Phi) is 7.39. The molecule has 0 aromatic heterocycles. The summed E-state index contributed by atoms with van der Waals surface area (Å²) in [4.78, 5) is 26.3. The van der Waals surface area contributed by atoms with Crippen LogP contribution in [0.2, 0.25) is 0 Å². The number of benzene rings is 3. The van der Waals surface area contributed by atoms with Crippen LogP contribution < -0.4 is 10.6 Å². The molecule has 0 fully saturated rings. The van der Waals surface area contributed by atoms with Crippen LogP contribution in [0, 0.1) is 19.3 Å². The first kappa shape index (κ1) is 24.7. The number of esters is 1. The fourth-order valence-corrected chi connectivity index (χ4v) is 6.40. The lowest BCUT2D eigenvalue weighted by molar-refractivity contribution is -0.155. The average molecular weight is 463 g/mol. The summed E-state index contributed by atoms with van der Waals surface area (Å²) in [7, 11) is -3.59. The molecule has 3 rings (SSSR count). The van der Waals surface area contributed by atoms with Crippen molar-refractivity contribution in [3.63, 3.8) is 0 Å². The van der Waals surface area contributed by atoms with E-state index < -0.39 is 12.6 Å². The van der Waals surface area contributed by atoms with Gasteiger partial charge in [-0.25, -0.2) is 0 Å². The second-order valence-electron chi connectivity index (χ2n) is 9.00. The lowest BCUT2D eigenvalue weighted by Gasteiger charge is -2.22. The van der Waals surface area contributed by atoms with E-state index in [9.17, 15) is 14.2 Å². The van der Waals surface area contributed by atoms with Crippen LogP contribution in [-0.4, -0.2) is 11.5 Å². The quantitative estimate of drug-likeness (QED) is 0.307. The van der Waals surface area contributed by atoms with Crippen molar-refractivity contribution in [1.82, 2.24) is 0 Å². The third kappa shape index (κ3) is 5.02.